The highest BCUT2D eigenvalue weighted by molar-refractivity contribution is 5.78. The molecule has 0 radical (unpaired) electrons. The molecule has 1 aliphatic rings. The summed E-state index contributed by atoms with van der Waals surface area (Å²) in [6.07, 6.45) is -2.87. The van der Waals surface area contributed by atoms with Crippen molar-refractivity contribution in [2.45, 2.75) is 31.6 Å². The van der Waals surface area contributed by atoms with Crippen molar-refractivity contribution in [1.29, 1.82) is 0 Å². The van der Waals surface area contributed by atoms with Gasteiger partial charge < -0.3 is 10.6 Å². The van der Waals surface area contributed by atoms with Gasteiger partial charge in [-0.1, -0.05) is 30.3 Å². The number of likely N-dealkylation sites (tertiary alicyclic amines) is 1. The fourth-order valence-electron chi connectivity index (χ4n) is 2.65. The van der Waals surface area contributed by atoms with E-state index in [1.165, 1.54) is 0 Å². The van der Waals surface area contributed by atoms with Gasteiger partial charge in [-0.3, -0.25) is 9.69 Å². The number of nitrogens with zero attached hydrogens (tertiary/aromatic N) is 2. The van der Waals surface area contributed by atoms with Crippen molar-refractivity contribution in [2.24, 2.45) is 5.73 Å². The zero-order valence-electron chi connectivity index (χ0n) is 12.9. The zero-order valence-corrected chi connectivity index (χ0v) is 12.9. The fraction of sp³-hybridized carbons (Fsp3) is 0.562. The Morgan fingerprint density at radius 2 is 1.83 bits per heavy atom. The molecule has 1 aromatic carbocycles. The quantitative estimate of drug-likeness (QED) is 0.899. The van der Waals surface area contributed by atoms with E-state index in [2.05, 4.69) is 0 Å². The number of benzene rings is 1. The van der Waals surface area contributed by atoms with E-state index in [-0.39, 0.29) is 19.1 Å². The van der Waals surface area contributed by atoms with E-state index in [0.29, 0.717) is 18.7 Å². The molecule has 0 unspecified atom stereocenters. The number of nitrogens with two attached hydrogens (primary N) is 1. The Kier molecular flexibility index (Phi) is 6.01. The SMILES string of the molecule is NC1CCN(CC(=O)N(Cc2ccccc2)CC(F)(F)F)CC1. The third-order valence-corrected chi connectivity index (χ3v) is 3.93. The van der Waals surface area contributed by atoms with Gasteiger partial charge in [-0.15, -0.1) is 0 Å². The van der Waals surface area contributed by atoms with Gasteiger partial charge >= 0.3 is 6.18 Å². The normalized spacial score (nSPS) is 17.2. The summed E-state index contributed by atoms with van der Waals surface area (Å²) in [6.45, 7) is 0.0481. The third kappa shape index (κ3) is 6.19. The molecular weight excluding hydrogens is 307 g/mol. The molecule has 2 rings (SSSR count). The van der Waals surface area contributed by atoms with Crippen LogP contribution in [0.25, 0.3) is 0 Å². The van der Waals surface area contributed by atoms with Gasteiger partial charge in [0.15, 0.2) is 0 Å². The maximum absolute atomic E-state index is 12.8. The predicted molar refractivity (Wildman–Crippen MR) is 81.6 cm³/mol. The van der Waals surface area contributed by atoms with Crippen LogP contribution in [0.1, 0.15) is 18.4 Å². The Morgan fingerprint density at radius 1 is 1.22 bits per heavy atom. The first-order chi connectivity index (χ1) is 10.8. The summed E-state index contributed by atoms with van der Waals surface area (Å²) >= 11 is 0. The lowest BCUT2D eigenvalue weighted by atomic mass is 10.1. The molecule has 7 heteroatoms. The first kappa shape index (κ1) is 17.7. The average molecular weight is 329 g/mol. The Morgan fingerprint density at radius 3 is 2.39 bits per heavy atom. The van der Waals surface area contributed by atoms with Crippen LogP contribution in [0.15, 0.2) is 30.3 Å². The average Bonchev–Trinajstić information content (AvgIpc) is 2.48. The summed E-state index contributed by atoms with van der Waals surface area (Å²) < 4.78 is 38.3. The van der Waals surface area contributed by atoms with E-state index in [4.69, 9.17) is 5.73 Å². The van der Waals surface area contributed by atoms with Gasteiger partial charge in [0.1, 0.15) is 6.54 Å². The summed E-state index contributed by atoms with van der Waals surface area (Å²) in [6, 6.07) is 8.84. The minimum atomic E-state index is -4.41. The van der Waals surface area contributed by atoms with E-state index in [1.807, 2.05) is 4.90 Å². The Labute approximate surface area is 134 Å². The number of carbonyl (C=O) groups excluding carboxylic acids is 1. The molecular formula is C16H22F3N3O. The van der Waals surface area contributed by atoms with Crippen LogP contribution in [0.3, 0.4) is 0 Å². The Hall–Kier alpha value is -1.60. The topological polar surface area (TPSA) is 49.6 Å². The summed E-state index contributed by atoms with van der Waals surface area (Å²) in [5, 5.41) is 0. The van der Waals surface area contributed by atoms with Crippen molar-refractivity contribution in [3.8, 4) is 0 Å². The van der Waals surface area contributed by atoms with E-state index in [1.54, 1.807) is 30.3 Å². The molecule has 1 saturated heterocycles. The lowest BCUT2D eigenvalue weighted by Gasteiger charge is -2.32. The second-order valence-electron chi connectivity index (χ2n) is 5.96. The Bertz CT molecular complexity index is 499. The maximum Gasteiger partial charge on any atom is 0.406 e. The molecule has 0 aliphatic carbocycles. The molecule has 0 spiro atoms. The molecule has 1 amide bonds. The molecule has 0 bridgehead atoms. The number of piperidine rings is 1. The van der Waals surface area contributed by atoms with Crippen molar-refractivity contribution in [3.05, 3.63) is 35.9 Å². The highest BCUT2D eigenvalue weighted by atomic mass is 19.4. The van der Waals surface area contributed by atoms with Crippen molar-refractivity contribution < 1.29 is 18.0 Å². The van der Waals surface area contributed by atoms with Crippen LogP contribution in [-0.2, 0) is 11.3 Å². The van der Waals surface area contributed by atoms with Crippen molar-refractivity contribution in [2.75, 3.05) is 26.2 Å². The predicted octanol–water partition coefficient (Wildman–Crippen LogP) is 2.00. The molecule has 0 aromatic heterocycles. The monoisotopic (exact) mass is 329 g/mol. The summed E-state index contributed by atoms with van der Waals surface area (Å²) in [4.78, 5) is 15.1. The Balaban J connectivity index is 1.99. The van der Waals surface area contributed by atoms with Gasteiger partial charge in [-0.2, -0.15) is 13.2 Å². The molecule has 23 heavy (non-hydrogen) atoms. The first-order valence-electron chi connectivity index (χ1n) is 7.70. The lowest BCUT2D eigenvalue weighted by Crippen LogP contribution is -2.47. The van der Waals surface area contributed by atoms with Gasteiger partial charge in [0, 0.05) is 25.7 Å². The maximum atomic E-state index is 12.8. The standard InChI is InChI=1S/C16H22F3N3O/c17-16(18,19)12-22(10-13-4-2-1-3-5-13)15(23)11-21-8-6-14(20)7-9-21/h1-5,14H,6-12,20H2. The molecule has 2 N–H and O–H groups in total. The number of carbonyl (C=O) groups is 1. The fourth-order valence-corrected chi connectivity index (χ4v) is 2.65. The molecule has 4 nitrogen and oxygen atoms in total. The molecule has 1 aromatic rings. The third-order valence-electron chi connectivity index (χ3n) is 3.93. The second-order valence-corrected chi connectivity index (χ2v) is 5.96. The van der Waals surface area contributed by atoms with Crippen LogP contribution in [0, 0.1) is 0 Å². The largest absolute Gasteiger partial charge is 0.406 e. The number of halogens is 3. The number of rotatable bonds is 5. The van der Waals surface area contributed by atoms with Crippen molar-refractivity contribution in [3.63, 3.8) is 0 Å². The second kappa shape index (κ2) is 7.79. The summed E-state index contributed by atoms with van der Waals surface area (Å²) in [5.41, 5.74) is 6.49. The number of hydrogen-bond acceptors (Lipinski definition) is 3. The molecule has 0 saturated carbocycles. The van der Waals surface area contributed by atoms with Gasteiger partial charge in [-0.05, 0) is 18.4 Å². The van der Waals surface area contributed by atoms with E-state index in [0.717, 1.165) is 17.7 Å². The van der Waals surface area contributed by atoms with E-state index >= 15 is 0 Å². The minimum absolute atomic E-state index is 0.00956. The molecule has 128 valence electrons. The summed E-state index contributed by atoms with van der Waals surface area (Å²) in [5.74, 6) is -0.498. The molecule has 0 atom stereocenters. The van der Waals surface area contributed by atoms with Gasteiger partial charge in [0.25, 0.3) is 0 Å². The van der Waals surface area contributed by atoms with Gasteiger partial charge in [0.2, 0.25) is 5.91 Å². The number of alkyl halides is 3. The molecule has 1 fully saturated rings. The lowest BCUT2D eigenvalue weighted by molar-refractivity contribution is -0.163. The highest BCUT2D eigenvalue weighted by Gasteiger charge is 2.33. The van der Waals surface area contributed by atoms with Crippen LogP contribution in [0.4, 0.5) is 13.2 Å². The van der Waals surface area contributed by atoms with Crippen LogP contribution in [0.2, 0.25) is 0 Å². The van der Waals surface area contributed by atoms with Crippen LogP contribution >= 0.6 is 0 Å². The zero-order chi connectivity index (χ0) is 16.9. The van der Waals surface area contributed by atoms with Gasteiger partial charge in [0.05, 0.1) is 6.54 Å². The van der Waals surface area contributed by atoms with Crippen LogP contribution < -0.4 is 5.73 Å². The number of amides is 1. The van der Waals surface area contributed by atoms with E-state index < -0.39 is 18.6 Å². The number of hydrogen-bond donors (Lipinski definition) is 1. The molecule has 1 heterocycles. The first-order valence-corrected chi connectivity index (χ1v) is 7.70. The highest BCUT2D eigenvalue weighted by Crippen LogP contribution is 2.19. The van der Waals surface area contributed by atoms with Crippen LogP contribution in [-0.4, -0.2) is 54.1 Å². The van der Waals surface area contributed by atoms with E-state index in [9.17, 15) is 18.0 Å². The van der Waals surface area contributed by atoms with Crippen LogP contribution in [0.5, 0.6) is 0 Å². The molecule has 1 aliphatic heterocycles. The van der Waals surface area contributed by atoms with Gasteiger partial charge in [-0.25, -0.2) is 0 Å². The minimum Gasteiger partial charge on any atom is -0.328 e. The smallest absolute Gasteiger partial charge is 0.328 e. The van der Waals surface area contributed by atoms with Crippen molar-refractivity contribution >= 4 is 5.91 Å². The summed E-state index contributed by atoms with van der Waals surface area (Å²) in [7, 11) is 0. The van der Waals surface area contributed by atoms with Crippen molar-refractivity contribution in [1.82, 2.24) is 9.80 Å².